The quantitative estimate of drug-likeness (QED) is 0.404. The first-order valence-corrected chi connectivity index (χ1v) is 10.3. The maximum absolute atomic E-state index is 13.2. The molecular weight excluding hydrogens is 357 g/mol. The number of piperazine rings is 1. The fraction of sp³-hybridized carbons (Fsp3) is 0.619. The molecule has 6 nitrogen and oxygen atoms in total. The van der Waals surface area contributed by atoms with Crippen LogP contribution in [0.15, 0.2) is 29.3 Å². The molecule has 0 atom stereocenters. The second-order valence-corrected chi connectivity index (χ2v) is 7.45. The minimum Gasteiger partial charge on any atom is -0.357 e. The zero-order valence-corrected chi connectivity index (χ0v) is 17.4. The molecule has 2 N–H and O–H groups in total. The van der Waals surface area contributed by atoms with Crippen LogP contribution in [0.3, 0.4) is 0 Å². The summed E-state index contributed by atoms with van der Waals surface area (Å²) in [5.41, 5.74) is 1.01. The topological polar surface area (TPSA) is 60.0 Å². The van der Waals surface area contributed by atoms with E-state index in [2.05, 4.69) is 27.4 Å². The van der Waals surface area contributed by atoms with E-state index in [1.807, 2.05) is 19.9 Å². The number of guanidine groups is 1. The lowest BCUT2D eigenvalue weighted by Gasteiger charge is -2.36. The number of amides is 1. The molecule has 1 amide bonds. The van der Waals surface area contributed by atoms with E-state index >= 15 is 0 Å². The summed E-state index contributed by atoms with van der Waals surface area (Å²) in [5.74, 6) is 0.823. The van der Waals surface area contributed by atoms with Gasteiger partial charge in [-0.05, 0) is 51.3 Å². The van der Waals surface area contributed by atoms with Crippen molar-refractivity contribution in [3.8, 4) is 0 Å². The van der Waals surface area contributed by atoms with Gasteiger partial charge in [0.1, 0.15) is 5.82 Å². The molecule has 1 aromatic rings. The van der Waals surface area contributed by atoms with Gasteiger partial charge in [0.15, 0.2) is 5.96 Å². The second-order valence-electron chi connectivity index (χ2n) is 7.45. The highest BCUT2D eigenvalue weighted by molar-refractivity contribution is 5.80. The summed E-state index contributed by atoms with van der Waals surface area (Å²) in [6.45, 7) is 11.4. The van der Waals surface area contributed by atoms with Crippen LogP contribution in [0.1, 0.15) is 32.8 Å². The lowest BCUT2D eigenvalue weighted by atomic mass is 10.1. The van der Waals surface area contributed by atoms with Crippen LogP contribution in [0.2, 0.25) is 0 Å². The molecule has 1 heterocycles. The van der Waals surface area contributed by atoms with Crippen LogP contribution in [0.5, 0.6) is 0 Å². The number of carbonyl (C=O) groups is 1. The van der Waals surface area contributed by atoms with Gasteiger partial charge in [0.2, 0.25) is 5.91 Å². The number of aryl methyl sites for hydroxylation is 1. The Morgan fingerprint density at radius 3 is 2.64 bits per heavy atom. The van der Waals surface area contributed by atoms with Gasteiger partial charge in [-0.25, -0.2) is 4.39 Å². The fourth-order valence-corrected chi connectivity index (χ4v) is 3.27. The summed E-state index contributed by atoms with van der Waals surface area (Å²) in [7, 11) is 0. The van der Waals surface area contributed by atoms with E-state index in [1.54, 1.807) is 12.1 Å². The average molecular weight is 392 g/mol. The predicted octanol–water partition coefficient (Wildman–Crippen LogP) is 1.87. The molecule has 1 aromatic carbocycles. The number of halogens is 1. The molecule has 0 aromatic heterocycles. The average Bonchev–Trinajstić information content (AvgIpc) is 2.64. The second kappa shape index (κ2) is 11.6. The van der Waals surface area contributed by atoms with Crippen LogP contribution in [0.4, 0.5) is 4.39 Å². The zero-order valence-electron chi connectivity index (χ0n) is 17.4. The molecule has 0 bridgehead atoms. The zero-order chi connectivity index (χ0) is 20.4. The molecule has 0 unspecified atom stereocenters. The summed E-state index contributed by atoms with van der Waals surface area (Å²) in [4.78, 5) is 21.1. The minimum absolute atomic E-state index is 0.0846. The molecule has 28 heavy (non-hydrogen) atoms. The van der Waals surface area contributed by atoms with Gasteiger partial charge in [0.25, 0.3) is 0 Å². The van der Waals surface area contributed by atoms with Crippen molar-refractivity contribution in [1.29, 1.82) is 0 Å². The number of benzene rings is 1. The Balaban J connectivity index is 1.78. The number of nitrogens with zero attached hydrogens (tertiary/aromatic N) is 3. The largest absolute Gasteiger partial charge is 0.357 e. The third-order valence-electron chi connectivity index (χ3n) is 4.60. The smallest absolute Gasteiger partial charge is 0.234 e. The van der Waals surface area contributed by atoms with Crippen LogP contribution in [0, 0.1) is 5.82 Å². The van der Waals surface area contributed by atoms with Crippen LogP contribution in [-0.2, 0) is 11.2 Å². The monoisotopic (exact) mass is 391 g/mol. The van der Waals surface area contributed by atoms with Crippen molar-refractivity contribution >= 4 is 11.9 Å². The molecule has 2 rings (SSSR count). The first-order valence-electron chi connectivity index (χ1n) is 10.3. The van der Waals surface area contributed by atoms with Gasteiger partial charge < -0.3 is 15.5 Å². The highest BCUT2D eigenvalue weighted by Crippen LogP contribution is 2.07. The molecular formula is C21H34FN5O. The third kappa shape index (κ3) is 7.84. The van der Waals surface area contributed by atoms with Crippen molar-refractivity contribution in [2.75, 3.05) is 45.8 Å². The Kier molecular flexibility index (Phi) is 9.20. The molecule has 0 saturated carbocycles. The molecule has 0 spiro atoms. The van der Waals surface area contributed by atoms with Gasteiger partial charge in [-0.3, -0.25) is 14.7 Å². The van der Waals surface area contributed by atoms with E-state index in [0.717, 1.165) is 57.1 Å². The Morgan fingerprint density at radius 2 is 2.00 bits per heavy atom. The highest BCUT2D eigenvalue weighted by Gasteiger charge is 2.21. The van der Waals surface area contributed by atoms with Crippen molar-refractivity contribution < 1.29 is 9.18 Å². The van der Waals surface area contributed by atoms with Crippen molar-refractivity contribution in [2.45, 2.75) is 39.7 Å². The summed E-state index contributed by atoms with van der Waals surface area (Å²) in [6.07, 6.45) is 1.70. The Bertz CT molecular complexity index is 641. The van der Waals surface area contributed by atoms with Crippen LogP contribution < -0.4 is 10.6 Å². The van der Waals surface area contributed by atoms with Gasteiger partial charge in [0, 0.05) is 45.3 Å². The number of carbonyl (C=O) groups excluding carboxylic acids is 1. The number of hydrogen-bond donors (Lipinski definition) is 2. The molecule has 0 radical (unpaired) electrons. The Labute approximate surface area is 168 Å². The van der Waals surface area contributed by atoms with Crippen LogP contribution in [-0.4, -0.2) is 73.5 Å². The van der Waals surface area contributed by atoms with E-state index in [-0.39, 0.29) is 17.8 Å². The SMILES string of the molecule is CCNC(=NCCCc1cccc(F)c1)N1CCN(CC(=O)NC(C)C)CC1. The number of nitrogens with one attached hydrogen (secondary N) is 2. The number of aliphatic imine (C=N–C) groups is 1. The molecule has 1 fully saturated rings. The summed E-state index contributed by atoms with van der Waals surface area (Å²) >= 11 is 0. The fourth-order valence-electron chi connectivity index (χ4n) is 3.27. The van der Waals surface area contributed by atoms with Gasteiger partial charge in [-0.15, -0.1) is 0 Å². The maximum Gasteiger partial charge on any atom is 0.234 e. The number of rotatable bonds is 8. The van der Waals surface area contributed by atoms with Gasteiger partial charge in [-0.2, -0.15) is 0 Å². The lowest BCUT2D eigenvalue weighted by molar-refractivity contribution is -0.123. The van der Waals surface area contributed by atoms with Gasteiger partial charge in [-0.1, -0.05) is 12.1 Å². The molecule has 0 aliphatic carbocycles. The van der Waals surface area contributed by atoms with Crippen LogP contribution in [0.25, 0.3) is 0 Å². The molecule has 1 aliphatic rings. The van der Waals surface area contributed by atoms with Crippen molar-refractivity contribution in [2.24, 2.45) is 4.99 Å². The molecule has 1 aliphatic heterocycles. The van der Waals surface area contributed by atoms with Crippen molar-refractivity contribution in [1.82, 2.24) is 20.4 Å². The number of hydrogen-bond acceptors (Lipinski definition) is 3. The van der Waals surface area contributed by atoms with Gasteiger partial charge in [0.05, 0.1) is 6.54 Å². The molecule has 7 heteroatoms. The summed E-state index contributed by atoms with van der Waals surface area (Å²) < 4.78 is 13.2. The standard InChI is InChI=1S/C21H34FN5O/c1-4-23-21(24-10-6-8-18-7-5-9-19(22)15-18)27-13-11-26(12-14-27)16-20(28)25-17(2)3/h5,7,9,15,17H,4,6,8,10-14,16H2,1-3H3,(H,23,24)(H,25,28). The van der Waals surface area contributed by atoms with E-state index in [1.165, 1.54) is 6.07 Å². The lowest BCUT2D eigenvalue weighted by Crippen LogP contribution is -2.54. The minimum atomic E-state index is -0.186. The third-order valence-corrected chi connectivity index (χ3v) is 4.60. The Hall–Kier alpha value is -2.15. The highest BCUT2D eigenvalue weighted by atomic mass is 19.1. The van der Waals surface area contributed by atoms with E-state index in [0.29, 0.717) is 13.1 Å². The van der Waals surface area contributed by atoms with E-state index in [4.69, 9.17) is 4.99 Å². The van der Waals surface area contributed by atoms with E-state index < -0.39 is 0 Å². The van der Waals surface area contributed by atoms with Crippen molar-refractivity contribution in [3.63, 3.8) is 0 Å². The maximum atomic E-state index is 13.2. The predicted molar refractivity (Wildman–Crippen MR) is 112 cm³/mol. The molecule has 156 valence electrons. The Morgan fingerprint density at radius 1 is 1.25 bits per heavy atom. The van der Waals surface area contributed by atoms with E-state index in [9.17, 15) is 9.18 Å². The van der Waals surface area contributed by atoms with Crippen LogP contribution >= 0.6 is 0 Å². The van der Waals surface area contributed by atoms with Gasteiger partial charge >= 0.3 is 0 Å². The first-order chi connectivity index (χ1) is 13.5. The van der Waals surface area contributed by atoms with Crippen molar-refractivity contribution in [3.05, 3.63) is 35.6 Å². The summed E-state index contributed by atoms with van der Waals surface area (Å²) in [5, 5.41) is 6.30. The summed E-state index contributed by atoms with van der Waals surface area (Å²) in [6, 6.07) is 6.93. The normalized spacial score (nSPS) is 15.8. The first kappa shape index (κ1) is 22.1. The molecule has 1 saturated heterocycles.